The summed E-state index contributed by atoms with van der Waals surface area (Å²) in [5.41, 5.74) is 7.38. The molecule has 1 fully saturated rings. The van der Waals surface area contributed by atoms with Crippen LogP contribution in [0.2, 0.25) is 0 Å². The van der Waals surface area contributed by atoms with Crippen LogP contribution < -0.4 is 11.1 Å². The Kier molecular flexibility index (Phi) is 2.97. The van der Waals surface area contributed by atoms with E-state index in [0.717, 1.165) is 30.5 Å². The average Bonchev–Trinajstić information content (AvgIpc) is 2.21. The molecular weight excluding hydrogens is 200 g/mol. The molecule has 16 heavy (non-hydrogen) atoms. The fraction of sp³-hybridized carbons (Fsp3) is 0.462. The molecule has 0 bridgehead atoms. The van der Waals surface area contributed by atoms with Gasteiger partial charge in [-0.1, -0.05) is 24.6 Å². The maximum Gasteiger partial charge on any atom is 0.231 e. The number of hydrogen-bond acceptors (Lipinski definition) is 2. The Labute approximate surface area is 96.0 Å². The zero-order valence-electron chi connectivity index (χ0n) is 9.62. The lowest BCUT2D eigenvalue weighted by Gasteiger charge is -2.39. The molecule has 1 aliphatic carbocycles. The molecule has 86 valence electrons. The molecule has 1 aliphatic rings. The molecule has 2 rings (SSSR count). The largest absolute Gasteiger partial charge is 0.329 e. The summed E-state index contributed by atoms with van der Waals surface area (Å²) >= 11 is 0. The van der Waals surface area contributed by atoms with Gasteiger partial charge in [-0.25, -0.2) is 0 Å². The van der Waals surface area contributed by atoms with Crippen molar-refractivity contribution < 1.29 is 4.79 Å². The van der Waals surface area contributed by atoms with Crippen molar-refractivity contribution in [1.29, 1.82) is 0 Å². The molecule has 1 aromatic rings. The number of hydrogen-bond donors (Lipinski definition) is 2. The van der Waals surface area contributed by atoms with Gasteiger partial charge in [0, 0.05) is 12.2 Å². The summed E-state index contributed by atoms with van der Waals surface area (Å²) in [4.78, 5) is 12.1. The van der Waals surface area contributed by atoms with Gasteiger partial charge in [-0.2, -0.15) is 0 Å². The predicted molar refractivity (Wildman–Crippen MR) is 65.1 cm³/mol. The van der Waals surface area contributed by atoms with Crippen molar-refractivity contribution >= 4 is 11.6 Å². The molecule has 3 N–H and O–H groups in total. The summed E-state index contributed by atoms with van der Waals surface area (Å²) in [5.74, 6) is 0.0792. The lowest BCUT2D eigenvalue weighted by Crippen LogP contribution is -2.47. The molecule has 0 aliphatic heterocycles. The lowest BCUT2D eigenvalue weighted by atomic mass is 9.68. The van der Waals surface area contributed by atoms with Gasteiger partial charge in [-0.15, -0.1) is 0 Å². The molecule has 0 atom stereocenters. The second-order valence-corrected chi connectivity index (χ2v) is 4.61. The fourth-order valence-corrected chi connectivity index (χ4v) is 2.10. The van der Waals surface area contributed by atoms with E-state index in [-0.39, 0.29) is 11.3 Å². The maximum atomic E-state index is 12.1. The number of carbonyl (C=O) groups excluding carboxylic acids is 1. The van der Waals surface area contributed by atoms with Crippen molar-refractivity contribution in [3.8, 4) is 0 Å². The summed E-state index contributed by atoms with van der Waals surface area (Å²) in [6.45, 7) is 2.44. The number of anilines is 1. The van der Waals surface area contributed by atoms with E-state index in [2.05, 4.69) is 5.32 Å². The van der Waals surface area contributed by atoms with Crippen molar-refractivity contribution in [2.45, 2.75) is 26.2 Å². The summed E-state index contributed by atoms with van der Waals surface area (Å²) in [7, 11) is 0. The molecule has 3 nitrogen and oxygen atoms in total. The van der Waals surface area contributed by atoms with E-state index in [9.17, 15) is 4.79 Å². The van der Waals surface area contributed by atoms with Crippen LogP contribution in [0.4, 0.5) is 5.69 Å². The van der Waals surface area contributed by atoms with E-state index >= 15 is 0 Å². The number of aryl methyl sites for hydroxylation is 1. The smallest absolute Gasteiger partial charge is 0.231 e. The van der Waals surface area contributed by atoms with Crippen molar-refractivity contribution in [2.75, 3.05) is 11.9 Å². The second-order valence-electron chi connectivity index (χ2n) is 4.61. The van der Waals surface area contributed by atoms with Gasteiger partial charge in [-0.3, -0.25) is 4.79 Å². The van der Waals surface area contributed by atoms with E-state index in [4.69, 9.17) is 5.73 Å². The molecule has 0 saturated heterocycles. The Morgan fingerprint density at radius 1 is 1.44 bits per heavy atom. The van der Waals surface area contributed by atoms with Crippen LogP contribution in [-0.4, -0.2) is 12.5 Å². The van der Waals surface area contributed by atoms with Crippen molar-refractivity contribution in [1.82, 2.24) is 0 Å². The highest BCUT2D eigenvalue weighted by molar-refractivity contribution is 5.96. The molecule has 1 aromatic carbocycles. The Morgan fingerprint density at radius 3 is 2.62 bits per heavy atom. The lowest BCUT2D eigenvalue weighted by molar-refractivity contribution is -0.129. The molecule has 0 heterocycles. The minimum absolute atomic E-state index is 0.0792. The topological polar surface area (TPSA) is 55.1 Å². The van der Waals surface area contributed by atoms with E-state index in [0.29, 0.717) is 6.54 Å². The number of carbonyl (C=O) groups is 1. The number of amides is 1. The first-order chi connectivity index (χ1) is 7.68. The normalized spacial score (nSPS) is 17.6. The quantitative estimate of drug-likeness (QED) is 0.816. The van der Waals surface area contributed by atoms with E-state index in [1.165, 1.54) is 0 Å². The third-order valence-corrected chi connectivity index (χ3v) is 3.58. The van der Waals surface area contributed by atoms with Crippen molar-refractivity contribution in [3.05, 3.63) is 29.8 Å². The van der Waals surface area contributed by atoms with Crippen LogP contribution in [0, 0.1) is 12.3 Å². The number of rotatable bonds is 3. The molecule has 0 aromatic heterocycles. The second kappa shape index (κ2) is 4.26. The Morgan fingerprint density at radius 2 is 2.12 bits per heavy atom. The molecule has 1 amide bonds. The van der Waals surface area contributed by atoms with Crippen LogP contribution in [-0.2, 0) is 4.79 Å². The third kappa shape index (κ3) is 1.83. The first-order valence-electron chi connectivity index (χ1n) is 5.75. The van der Waals surface area contributed by atoms with Crippen molar-refractivity contribution in [3.63, 3.8) is 0 Å². The van der Waals surface area contributed by atoms with Gasteiger partial charge in [0.25, 0.3) is 0 Å². The van der Waals surface area contributed by atoms with Crippen LogP contribution >= 0.6 is 0 Å². The highest BCUT2D eigenvalue weighted by Crippen LogP contribution is 2.40. The van der Waals surface area contributed by atoms with Gasteiger partial charge in [-0.05, 0) is 31.4 Å². The first kappa shape index (κ1) is 11.1. The molecule has 3 heteroatoms. The Balaban J connectivity index is 2.10. The van der Waals surface area contributed by atoms with E-state index in [1.54, 1.807) is 0 Å². The predicted octanol–water partition coefficient (Wildman–Crippen LogP) is 2.06. The molecule has 0 radical (unpaired) electrons. The van der Waals surface area contributed by atoms with Crippen LogP contribution in [0.15, 0.2) is 24.3 Å². The number of nitrogens with two attached hydrogens (primary N) is 1. The SMILES string of the molecule is Cc1ccccc1NC(=O)C1(CN)CCC1. The number of para-hydroxylation sites is 1. The van der Waals surface area contributed by atoms with Crippen LogP contribution in [0.25, 0.3) is 0 Å². The van der Waals surface area contributed by atoms with Crippen molar-refractivity contribution in [2.24, 2.45) is 11.1 Å². The standard InChI is InChI=1S/C13H18N2O/c1-10-5-2-3-6-11(10)15-12(16)13(9-14)7-4-8-13/h2-3,5-6H,4,7-9,14H2,1H3,(H,15,16). The minimum Gasteiger partial charge on any atom is -0.329 e. The van der Waals surface area contributed by atoms with E-state index < -0.39 is 0 Å². The number of benzene rings is 1. The molecule has 0 spiro atoms. The Hall–Kier alpha value is -1.35. The van der Waals surface area contributed by atoms with Crippen LogP contribution in [0.1, 0.15) is 24.8 Å². The van der Waals surface area contributed by atoms with Crippen LogP contribution in [0.5, 0.6) is 0 Å². The summed E-state index contributed by atoms with van der Waals surface area (Å²) < 4.78 is 0. The monoisotopic (exact) mass is 218 g/mol. The zero-order valence-corrected chi connectivity index (χ0v) is 9.62. The van der Waals surface area contributed by atoms with E-state index in [1.807, 2.05) is 31.2 Å². The zero-order chi connectivity index (χ0) is 11.6. The summed E-state index contributed by atoms with van der Waals surface area (Å²) in [5, 5.41) is 2.98. The van der Waals surface area contributed by atoms with Gasteiger partial charge in [0.2, 0.25) is 5.91 Å². The molecular formula is C13H18N2O. The highest BCUT2D eigenvalue weighted by Gasteiger charge is 2.42. The van der Waals surface area contributed by atoms with Gasteiger partial charge in [0.15, 0.2) is 0 Å². The average molecular weight is 218 g/mol. The van der Waals surface area contributed by atoms with Gasteiger partial charge in [0.05, 0.1) is 5.41 Å². The van der Waals surface area contributed by atoms with Gasteiger partial charge >= 0.3 is 0 Å². The molecule has 0 unspecified atom stereocenters. The third-order valence-electron chi connectivity index (χ3n) is 3.58. The maximum absolute atomic E-state index is 12.1. The van der Waals surface area contributed by atoms with Gasteiger partial charge < -0.3 is 11.1 Å². The fourth-order valence-electron chi connectivity index (χ4n) is 2.10. The summed E-state index contributed by atoms with van der Waals surface area (Å²) in [6.07, 6.45) is 2.95. The summed E-state index contributed by atoms with van der Waals surface area (Å²) in [6, 6.07) is 7.81. The highest BCUT2D eigenvalue weighted by atomic mass is 16.2. The Bertz CT molecular complexity index is 391. The minimum atomic E-state index is -0.303. The van der Waals surface area contributed by atoms with Gasteiger partial charge in [0.1, 0.15) is 0 Å². The van der Waals surface area contributed by atoms with Crippen LogP contribution in [0.3, 0.4) is 0 Å². The first-order valence-corrected chi connectivity index (χ1v) is 5.75. The number of nitrogens with one attached hydrogen (secondary N) is 1. The molecule has 1 saturated carbocycles.